The Balaban J connectivity index is 2.18. The number of anilines is 2. The molecule has 22 heavy (non-hydrogen) atoms. The van der Waals surface area contributed by atoms with Crippen molar-refractivity contribution in [2.75, 3.05) is 5.32 Å². The highest BCUT2D eigenvalue weighted by Crippen LogP contribution is 2.31. The number of fused-ring (bicyclic) bond motifs is 1. The minimum absolute atomic E-state index is 0.166. The summed E-state index contributed by atoms with van der Waals surface area (Å²) in [5.74, 6) is -1.01. The number of hydrogen-bond acceptors (Lipinski definition) is 3. The molecule has 5 nitrogen and oxygen atoms in total. The molecule has 0 aliphatic heterocycles. The van der Waals surface area contributed by atoms with Crippen molar-refractivity contribution < 1.29 is 9.90 Å². The predicted octanol–water partition coefficient (Wildman–Crippen LogP) is 4.05. The van der Waals surface area contributed by atoms with Crippen molar-refractivity contribution in [3.8, 4) is 0 Å². The van der Waals surface area contributed by atoms with Crippen molar-refractivity contribution in [2.45, 2.75) is 13.8 Å². The van der Waals surface area contributed by atoms with Gasteiger partial charge in [-0.3, -0.25) is 0 Å². The molecule has 0 saturated carbocycles. The quantitative estimate of drug-likeness (QED) is 0.765. The van der Waals surface area contributed by atoms with E-state index in [4.69, 9.17) is 11.6 Å². The van der Waals surface area contributed by atoms with Gasteiger partial charge in [0.25, 0.3) is 0 Å². The second-order valence-electron chi connectivity index (χ2n) is 5.11. The summed E-state index contributed by atoms with van der Waals surface area (Å²) in [4.78, 5) is 15.8. The fourth-order valence-electron chi connectivity index (χ4n) is 2.40. The lowest BCUT2D eigenvalue weighted by Crippen LogP contribution is -2.08. The number of aryl methyl sites for hydroxylation is 2. The molecule has 3 rings (SSSR count). The van der Waals surface area contributed by atoms with Gasteiger partial charge in [-0.1, -0.05) is 17.7 Å². The van der Waals surface area contributed by atoms with Crippen molar-refractivity contribution in [3.63, 3.8) is 0 Å². The van der Waals surface area contributed by atoms with Crippen molar-refractivity contribution in [1.82, 2.24) is 9.38 Å². The minimum atomic E-state index is -1.01. The van der Waals surface area contributed by atoms with Gasteiger partial charge in [-0.25, -0.2) is 9.78 Å². The molecule has 0 bridgehead atoms. The van der Waals surface area contributed by atoms with E-state index >= 15 is 0 Å². The highest BCUT2D eigenvalue weighted by Gasteiger charge is 2.17. The first kappa shape index (κ1) is 14.4. The number of imidazole rings is 1. The zero-order valence-electron chi connectivity index (χ0n) is 12.1. The number of aromatic nitrogens is 2. The van der Waals surface area contributed by atoms with Crippen LogP contribution in [-0.2, 0) is 0 Å². The summed E-state index contributed by atoms with van der Waals surface area (Å²) in [6, 6.07) is 5.57. The molecule has 0 atom stereocenters. The highest BCUT2D eigenvalue weighted by molar-refractivity contribution is 6.33. The molecule has 0 unspecified atom stereocenters. The van der Waals surface area contributed by atoms with Gasteiger partial charge in [0.1, 0.15) is 5.65 Å². The summed E-state index contributed by atoms with van der Waals surface area (Å²) in [6.07, 6.45) is 4.90. The van der Waals surface area contributed by atoms with Crippen LogP contribution in [0.5, 0.6) is 0 Å². The first-order valence-electron chi connectivity index (χ1n) is 6.70. The second-order valence-corrected chi connectivity index (χ2v) is 5.52. The Kier molecular flexibility index (Phi) is 3.50. The van der Waals surface area contributed by atoms with Crippen molar-refractivity contribution >= 4 is 34.6 Å². The number of nitrogens with zero attached hydrogens (tertiary/aromatic N) is 2. The molecule has 0 spiro atoms. The molecule has 0 aliphatic carbocycles. The van der Waals surface area contributed by atoms with Gasteiger partial charge in [-0.05, 0) is 31.5 Å². The molecule has 0 aliphatic rings. The van der Waals surface area contributed by atoms with Crippen molar-refractivity contribution in [1.29, 1.82) is 0 Å². The van der Waals surface area contributed by atoms with Gasteiger partial charge in [0, 0.05) is 24.2 Å². The monoisotopic (exact) mass is 315 g/mol. The van der Waals surface area contributed by atoms with E-state index in [0.717, 1.165) is 11.1 Å². The molecule has 2 N–H and O–H groups in total. The first-order chi connectivity index (χ1) is 10.5. The molecule has 0 saturated heterocycles. The average Bonchev–Trinajstić information content (AvgIpc) is 2.92. The normalized spacial score (nSPS) is 10.9. The van der Waals surface area contributed by atoms with Crippen LogP contribution in [0.3, 0.4) is 0 Å². The molecule has 0 radical (unpaired) electrons. The molecule has 2 aromatic heterocycles. The van der Waals surface area contributed by atoms with Gasteiger partial charge in [0.2, 0.25) is 0 Å². The number of halogens is 1. The van der Waals surface area contributed by atoms with E-state index in [0.29, 0.717) is 22.0 Å². The molecule has 1 aromatic carbocycles. The summed E-state index contributed by atoms with van der Waals surface area (Å²) in [7, 11) is 0. The standard InChI is InChI=1S/C16H14ClN3O2/c1-9-3-4-13(12(17)7-9)19-14-10(2)15-18-5-6-20(15)8-11(14)16(21)22/h3-8,19H,1-2H3,(H,21,22). The van der Waals surface area contributed by atoms with Crippen LogP contribution in [0.2, 0.25) is 5.02 Å². The van der Waals surface area contributed by atoms with Crippen LogP contribution in [0.4, 0.5) is 11.4 Å². The summed E-state index contributed by atoms with van der Waals surface area (Å²) < 4.78 is 1.70. The minimum Gasteiger partial charge on any atom is -0.478 e. The van der Waals surface area contributed by atoms with Crippen LogP contribution >= 0.6 is 11.6 Å². The Morgan fingerprint density at radius 1 is 1.36 bits per heavy atom. The summed E-state index contributed by atoms with van der Waals surface area (Å²) in [5, 5.41) is 13.1. The fraction of sp³-hybridized carbons (Fsp3) is 0.125. The van der Waals surface area contributed by atoms with Crippen LogP contribution < -0.4 is 5.32 Å². The lowest BCUT2D eigenvalue weighted by Gasteiger charge is -2.15. The molecular weight excluding hydrogens is 302 g/mol. The molecular formula is C16H14ClN3O2. The summed E-state index contributed by atoms with van der Waals surface area (Å²) >= 11 is 6.23. The van der Waals surface area contributed by atoms with E-state index in [1.807, 2.05) is 32.0 Å². The van der Waals surface area contributed by atoms with Crippen LogP contribution in [0.1, 0.15) is 21.5 Å². The lowest BCUT2D eigenvalue weighted by atomic mass is 10.1. The van der Waals surface area contributed by atoms with Crippen LogP contribution in [0.15, 0.2) is 36.8 Å². The van der Waals surface area contributed by atoms with Crippen molar-refractivity contribution in [2.24, 2.45) is 0 Å². The van der Waals surface area contributed by atoms with Gasteiger partial charge in [-0.15, -0.1) is 0 Å². The zero-order valence-corrected chi connectivity index (χ0v) is 12.8. The maximum Gasteiger partial charge on any atom is 0.339 e. The number of aromatic carboxylic acids is 1. The topological polar surface area (TPSA) is 66.6 Å². The Morgan fingerprint density at radius 2 is 2.14 bits per heavy atom. The lowest BCUT2D eigenvalue weighted by molar-refractivity contribution is 0.0697. The third kappa shape index (κ3) is 2.40. The number of pyridine rings is 1. The van der Waals surface area contributed by atoms with E-state index < -0.39 is 5.97 Å². The smallest absolute Gasteiger partial charge is 0.339 e. The number of carbonyl (C=O) groups is 1. The average molecular weight is 316 g/mol. The molecule has 0 amide bonds. The molecule has 0 fully saturated rings. The van der Waals surface area contributed by atoms with E-state index in [2.05, 4.69) is 10.3 Å². The molecule has 3 aromatic rings. The number of nitrogens with one attached hydrogen (secondary N) is 1. The number of hydrogen-bond donors (Lipinski definition) is 2. The maximum absolute atomic E-state index is 11.6. The van der Waals surface area contributed by atoms with Crippen LogP contribution in [0.25, 0.3) is 5.65 Å². The Labute approximate surface area is 132 Å². The van der Waals surface area contributed by atoms with Crippen LogP contribution in [0, 0.1) is 13.8 Å². The second kappa shape index (κ2) is 5.35. The van der Waals surface area contributed by atoms with Gasteiger partial charge < -0.3 is 14.8 Å². The molecule has 6 heteroatoms. The molecule has 112 valence electrons. The van der Waals surface area contributed by atoms with Gasteiger partial charge in [0.05, 0.1) is 22.0 Å². The van der Waals surface area contributed by atoms with Gasteiger partial charge in [0.15, 0.2) is 0 Å². The van der Waals surface area contributed by atoms with E-state index in [-0.39, 0.29) is 5.56 Å². The summed E-state index contributed by atoms with van der Waals surface area (Å²) in [6.45, 7) is 3.78. The van der Waals surface area contributed by atoms with Gasteiger partial charge in [-0.2, -0.15) is 0 Å². The number of rotatable bonds is 3. The predicted molar refractivity (Wildman–Crippen MR) is 86.4 cm³/mol. The Hall–Kier alpha value is -2.53. The SMILES string of the molecule is Cc1ccc(Nc2c(C(=O)O)cn3ccnc3c2C)c(Cl)c1. The Morgan fingerprint density at radius 3 is 2.82 bits per heavy atom. The number of carboxylic acid groups (broad SMARTS) is 1. The maximum atomic E-state index is 11.6. The molecule has 2 heterocycles. The fourth-order valence-corrected chi connectivity index (χ4v) is 2.69. The number of carboxylic acids is 1. The zero-order chi connectivity index (χ0) is 15.9. The van der Waals surface area contributed by atoms with E-state index in [1.165, 1.54) is 0 Å². The summed E-state index contributed by atoms with van der Waals surface area (Å²) in [5.41, 5.74) is 3.82. The largest absolute Gasteiger partial charge is 0.478 e. The number of benzene rings is 1. The van der Waals surface area contributed by atoms with Crippen molar-refractivity contribution in [3.05, 3.63) is 58.5 Å². The highest BCUT2D eigenvalue weighted by atomic mass is 35.5. The third-order valence-corrected chi connectivity index (χ3v) is 3.84. The van der Waals surface area contributed by atoms with E-state index in [1.54, 1.807) is 23.0 Å². The van der Waals surface area contributed by atoms with Crippen LogP contribution in [-0.4, -0.2) is 20.5 Å². The first-order valence-corrected chi connectivity index (χ1v) is 7.08. The third-order valence-electron chi connectivity index (χ3n) is 3.53. The Bertz CT molecular complexity index is 886. The van der Waals surface area contributed by atoms with Gasteiger partial charge >= 0.3 is 5.97 Å². The van der Waals surface area contributed by atoms with E-state index in [9.17, 15) is 9.90 Å².